The number of benzene rings is 3. The monoisotopic (exact) mass is 415 g/mol. The van der Waals surface area contributed by atoms with Crippen LogP contribution in [-0.4, -0.2) is 5.11 Å². The van der Waals surface area contributed by atoms with Crippen molar-refractivity contribution in [2.45, 2.75) is 72.1 Å². The molecule has 0 saturated carbocycles. The van der Waals surface area contributed by atoms with E-state index in [1.165, 1.54) is 16.7 Å². The second-order valence-corrected chi connectivity index (χ2v) is 10.8. The third-order valence-electron chi connectivity index (χ3n) is 6.00. The molecule has 164 valence electrons. The minimum Gasteiger partial charge on any atom is -0.507 e. The van der Waals surface area contributed by atoms with Crippen LogP contribution in [0.15, 0.2) is 60.7 Å². The fourth-order valence-electron chi connectivity index (χ4n) is 3.90. The van der Waals surface area contributed by atoms with Gasteiger partial charge in [-0.15, -0.1) is 0 Å². The SMILES string of the molecule is Cc1ccc(Nc2ccc(C(C)c3cc(C(C)(C)C)c(O)c(C(C)(C)C)c3)cc2)cc1. The Morgan fingerprint density at radius 2 is 1.10 bits per heavy atom. The smallest absolute Gasteiger partial charge is 0.123 e. The zero-order valence-corrected chi connectivity index (χ0v) is 20.3. The third-order valence-corrected chi connectivity index (χ3v) is 6.00. The Morgan fingerprint density at radius 1 is 0.677 bits per heavy atom. The average molecular weight is 416 g/mol. The van der Waals surface area contributed by atoms with Crippen molar-refractivity contribution in [2.24, 2.45) is 0 Å². The molecule has 0 heterocycles. The van der Waals surface area contributed by atoms with Gasteiger partial charge in [-0.3, -0.25) is 0 Å². The quantitative estimate of drug-likeness (QED) is 0.450. The van der Waals surface area contributed by atoms with Crippen LogP contribution in [0.25, 0.3) is 0 Å². The highest BCUT2D eigenvalue weighted by atomic mass is 16.3. The van der Waals surface area contributed by atoms with Crippen LogP contribution in [0.4, 0.5) is 11.4 Å². The number of hydrogen-bond acceptors (Lipinski definition) is 2. The number of aryl methyl sites for hydroxylation is 1. The fourth-order valence-corrected chi connectivity index (χ4v) is 3.90. The predicted molar refractivity (Wildman–Crippen MR) is 134 cm³/mol. The third kappa shape index (κ3) is 5.31. The highest BCUT2D eigenvalue weighted by Gasteiger charge is 2.27. The molecule has 1 atom stereocenters. The van der Waals surface area contributed by atoms with E-state index in [2.05, 4.69) is 121 Å². The summed E-state index contributed by atoms with van der Waals surface area (Å²) in [5, 5.41) is 14.5. The predicted octanol–water partition coefficient (Wildman–Crippen LogP) is 8.19. The van der Waals surface area contributed by atoms with Crippen LogP contribution in [0.5, 0.6) is 5.75 Å². The number of rotatable bonds is 4. The summed E-state index contributed by atoms with van der Waals surface area (Å²) in [7, 11) is 0. The van der Waals surface area contributed by atoms with Gasteiger partial charge in [-0.1, -0.05) is 90.4 Å². The standard InChI is InChI=1S/C29H37NO/c1-19-9-13-23(14-10-19)30-24-15-11-21(12-16-24)20(2)22-17-25(28(3,4)5)27(31)26(18-22)29(6,7)8/h9-18,20,30-31H,1-8H3. The molecule has 2 nitrogen and oxygen atoms in total. The Bertz CT molecular complexity index is 997. The number of aromatic hydroxyl groups is 1. The lowest BCUT2D eigenvalue weighted by atomic mass is 9.76. The van der Waals surface area contributed by atoms with E-state index in [0.29, 0.717) is 5.75 Å². The topological polar surface area (TPSA) is 32.3 Å². The lowest BCUT2D eigenvalue weighted by molar-refractivity contribution is 0.422. The van der Waals surface area contributed by atoms with Gasteiger partial charge in [0.2, 0.25) is 0 Å². The van der Waals surface area contributed by atoms with Crippen LogP contribution >= 0.6 is 0 Å². The van der Waals surface area contributed by atoms with Crippen LogP contribution in [-0.2, 0) is 10.8 Å². The first-order valence-electron chi connectivity index (χ1n) is 11.2. The minimum atomic E-state index is -0.123. The van der Waals surface area contributed by atoms with Crippen LogP contribution < -0.4 is 5.32 Å². The molecule has 2 heteroatoms. The normalized spacial score (nSPS) is 13.2. The van der Waals surface area contributed by atoms with Crippen LogP contribution in [0.3, 0.4) is 0 Å². The first kappa shape index (κ1) is 22.9. The minimum absolute atomic E-state index is 0.123. The van der Waals surface area contributed by atoms with E-state index in [0.717, 1.165) is 22.5 Å². The maximum atomic E-state index is 11.0. The average Bonchev–Trinajstić information content (AvgIpc) is 2.68. The second kappa shape index (κ2) is 8.42. The summed E-state index contributed by atoms with van der Waals surface area (Å²) in [6, 6.07) is 21.5. The molecule has 3 rings (SSSR count). The van der Waals surface area contributed by atoms with E-state index in [-0.39, 0.29) is 16.7 Å². The summed E-state index contributed by atoms with van der Waals surface area (Å²) < 4.78 is 0. The second-order valence-electron chi connectivity index (χ2n) is 10.8. The van der Waals surface area contributed by atoms with Crippen molar-refractivity contribution in [3.8, 4) is 5.75 Å². The van der Waals surface area contributed by atoms with Crippen molar-refractivity contribution in [3.05, 3.63) is 88.5 Å². The van der Waals surface area contributed by atoms with Crippen molar-refractivity contribution < 1.29 is 5.11 Å². The lowest BCUT2D eigenvalue weighted by Gasteiger charge is -2.29. The van der Waals surface area contributed by atoms with E-state index >= 15 is 0 Å². The molecular weight excluding hydrogens is 378 g/mol. The summed E-state index contributed by atoms with van der Waals surface area (Å²) in [5.74, 6) is 0.671. The number of nitrogens with one attached hydrogen (secondary N) is 1. The largest absolute Gasteiger partial charge is 0.507 e. The van der Waals surface area contributed by atoms with Crippen molar-refractivity contribution in [3.63, 3.8) is 0 Å². The van der Waals surface area contributed by atoms with Crippen LogP contribution in [0.1, 0.15) is 82.2 Å². The molecule has 1 unspecified atom stereocenters. The maximum absolute atomic E-state index is 11.0. The zero-order valence-electron chi connectivity index (χ0n) is 20.3. The van der Waals surface area contributed by atoms with Crippen molar-refractivity contribution in [1.29, 1.82) is 0 Å². The molecule has 2 N–H and O–H groups in total. The molecule has 0 amide bonds. The molecule has 3 aromatic carbocycles. The van der Waals surface area contributed by atoms with Gasteiger partial charge in [0, 0.05) is 17.3 Å². The number of hydrogen-bond donors (Lipinski definition) is 2. The van der Waals surface area contributed by atoms with Gasteiger partial charge in [-0.25, -0.2) is 0 Å². The molecule has 31 heavy (non-hydrogen) atoms. The first-order valence-corrected chi connectivity index (χ1v) is 11.2. The summed E-state index contributed by atoms with van der Waals surface area (Å²) in [5.41, 5.74) is 7.72. The van der Waals surface area contributed by atoms with Gasteiger partial charge < -0.3 is 10.4 Å². The summed E-state index contributed by atoms with van der Waals surface area (Å²) in [6.45, 7) is 17.3. The number of phenols is 1. The van der Waals surface area contributed by atoms with Gasteiger partial charge in [0.15, 0.2) is 0 Å². The van der Waals surface area contributed by atoms with Crippen LogP contribution in [0, 0.1) is 6.92 Å². The molecule has 0 saturated heterocycles. The van der Waals surface area contributed by atoms with Gasteiger partial charge in [0.1, 0.15) is 5.75 Å². The highest BCUT2D eigenvalue weighted by Crippen LogP contribution is 2.42. The fraction of sp³-hybridized carbons (Fsp3) is 0.379. The maximum Gasteiger partial charge on any atom is 0.123 e. The summed E-state index contributed by atoms with van der Waals surface area (Å²) >= 11 is 0. The van der Waals surface area contributed by atoms with E-state index in [1.807, 2.05) is 0 Å². The Hall–Kier alpha value is -2.74. The molecule has 0 spiro atoms. The molecule has 3 aromatic rings. The molecule has 0 aromatic heterocycles. The summed E-state index contributed by atoms with van der Waals surface area (Å²) in [6.07, 6.45) is 0. The molecule has 0 aliphatic heterocycles. The van der Waals surface area contributed by atoms with Gasteiger partial charge >= 0.3 is 0 Å². The molecule has 0 bridgehead atoms. The van der Waals surface area contributed by atoms with Crippen molar-refractivity contribution in [1.82, 2.24) is 0 Å². The van der Waals surface area contributed by atoms with Gasteiger partial charge in [0.05, 0.1) is 0 Å². The van der Waals surface area contributed by atoms with E-state index in [1.54, 1.807) is 0 Å². The summed E-state index contributed by atoms with van der Waals surface area (Å²) in [4.78, 5) is 0. The van der Waals surface area contributed by atoms with Crippen molar-refractivity contribution in [2.75, 3.05) is 5.32 Å². The number of phenolic OH excluding ortho intramolecular Hbond substituents is 1. The van der Waals surface area contributed by atoms with Gasteiger partial charge in [-0.05, 0) is 64.3 Å². The molecule has 0 aliphatic rings. The van der Waals surface area contributed by atoms with Crippen molar-refractivity contribution >= 4 is 11.4 Å². The molecule has 0 aliphatic carbocycles. The van der Waals surface area contributed by atoms with Crippen LogP contribution in [0.2, 0.25) is 0 Å². The van der Waals surface area contributed by atoms with E-state index < -0.39 is 0 Å². The Kier molecular flexibility index (Phi) is 6.23. The Morgan fingerprint density at radius 3 is 1.52 bits per heavy atom. The highest BCUT2D eigenvalue weighted by molar-refractivity contribution is 5.60. The lowest BCUT2D eigenvalue weighted by Crippen LogP contribution is -2.18. The van der Waals surface area contributed by atoms with Gasteiger partial charge in [0.25, 0.3) is 0 Å². The molecular formula is C29H37NO. The first-order chi connectivity index (χ1) is 14.4. The Labute approximate surface area is 188 Å². The zero-order chi connectivity index (χ0) is 23.0. The number of anilines is 2. The van der Waals surface area contributed by atoms with Gasteiger partial charge in [-0.2, -0.15) is 0 Å². The van der Waals surface area contributed by atoms with E-state index in [9.17, 15) is 5.11 Å². The Balaban J connectivity index is 1.93. The van der Waals surface area contributed by atoms with E-state index in [4.69, 9.17) is 0 Å². The molecule has 0 radical (unpaired) electrons. The molecule has 0 fully saturated rings.